The summed E-state index contributed by atoms with van der Waals surface area (Å²) < 4.78 is 5.68. The van der Waals surface area contributed by atoms with E-state index >= 15 is 0 Å². The molecule has 0 radical (unpaired) electrons. The predicted molar refractivity (Wildman–Crippen MR) is 72.2 cm³/mol. The number of fused-ring (bicyclic) bond motifs is 1. The second kappa shape index (κ2) is 3.96. The third-order valence-electron chi connectivity index (χ3n) is 3.61. The van der Waals surface area contributed by atoms with Crippen LogP contribution >= 0.6 is 22.6 Å². The van der Waals surface area contributed by atoms with E-state index in [2.05, 4.69) is 54.6 Å². The van der Waals surface area contributed by atoms with E-state index in [1.54, 1.807) is 7.11 Å². The van der Waals surface area contributed by atoms with Crippen molar-refractivity contribution in [3.63, 3.8) is 0 Å². The lowest BCUT2D eigenvalue weighted by molar-refractivity contribution is 0.411. The Morgan fingerprint density at radius 3 is 2.87 bits per heavy atom. The van der Waals surface area contributed by atoms with Crippen LogP contribution < -0.4 is 4.74 Å². The monoisotopic (exact) mass is 316 g/mol. The van der Waals surface area contributed by atoms with Crippen molar-refractivity contribution in [1.29, 1.82) is 0 Å². The minimum atomic E-state index is 0.386. The Balaban J connectivity index is 2.44. The summed E-state index contributed by atoms with van der Waals surface area (Å²) in [4.78, 5) is 0. The highest BCUT2D eigenvalue weighted by molar-refractivity contribution is 14.1. The topological polar surface area (TPSA) is 9.23 Å². The van der Waals surface area contributed by atoms with Gasteiger partial charge in [0, 0.05) is 3.42 Å². The number of halogens is 1. The molecule has 1 nitrogen and oxygen atoms in total. The normalized spacial score (nSPS) is 29.7. The first-order valence-corrected chi connectivity index (χ1v) is 6.48. The van der Waals surface area contributed by atoms with Gasteiger partial charge < -0.3 is 4.74 Å². The molecule has 0 aromatic heterocycles. The van der Waals surface area contributed by atoms with Crippen LogP contribution in [0.25, 0.3) is 0 Å². The van der Waals surface area contributed by atoms with Gasteiger partial charge in [-0.1, -0.05) is 35.6 Å². The number of ether oxygens (including phenoxy) is 1. The minimum absolute atomic E-state index is 0.386. The quantitative estimate of drug-likeness (QED) is 0.563. The molecule has 0 spiro atoms. The Morgan fingerprint density at radius 1 is 1.47 bits per heavy atom. The number of aryl methyl sites for hydroxylation is 1. The SMILES string of the molecule is COc1ccc2c(c1)C(C)C(C)(I)CC2. The minimum Gasteiger partial charge on any atom is -0.497 e. The van der Waals surface area contributed by atoms with Crippen molar-refractivity contribution in [2.24, 2.45) is 0 Å². The molecule has 1 aromatic rings. The van der Waals surface area contributed by atoms with E-state index in [-0.39, 0.29) is 0 Å². The van der Waals surface area contributed by atoms with E-state index in [9.17, 15) is 0 Å². The van der Waals surface area contributed by atoms with E-state index in [1.807, 2.05) is 0 Å². The molecule has 0 heterocycles. The molecule has 0 saturated heterocycles. The van der Waals surface area contributed by atoms with Gasteiger partial charge in [-0.2, -0.15) is 0 Å². The average Bonchev–Trinajstić information content (AvgIpc) is 2.24. The molecule has 0 fully saturated rings. The van der Waals surface area contributed by atoms with Gasteiger partial charge in [-0.25, -0.2) is 0 Å². The summed E-state index contributed by atoms with van der Waals surface area (Å²) in [6, 6.07) is 6.49. The fraction of sp³-hybridized carbons (Fsp3) is 0.538. The van der Waals surface area contributed by atoms with Crippen LogP contribution in [0.1, 0.15) is 37.3 Å². The highest BCUT2D eigenvalue weighted by Gasteiger charge is 2.34. The Morgan fingerprint density at radius 2 is 2.20 bits per heavy atom. The second-order valence-corrected chi connectivity index (χ2v) is 7.03. The zero-order valence-corrected chi connectivity index (χ0v) is 11.7. The molecule has 2 unspecified atom stereocenters. The second-order valence-electron chi connectivity index (χ2n) is 4.56. The van der Waals surface area contributed by atoms with Gasteiger partial charge in [-0.3, -0.25) is 0 Å². The van der Waals surface area contributed by atoms with E-state index in [4.69, 9.17) is 4.74 Å². The van der Waals surface area contributed by atoms with Gasteiger partial charge in [0.05, 0.1) is 7.11 Å². The Kier molecular flexibility index (Phi) is 2.97. The van der Waals surface area contributed by atoms with Gasteiger partial charge in [0.2, 0.25) is 0 Å². The van der Waals surface area contributed by atoms with Crippen molar-refractivity contribution >= 4 is 22.6 Å². The summed E-state index contributed by atoms with van der Waals surface area (Å²) in [5, 5.41) is 0. The molecular formula is C13H17IO. The largest absolute Gasteiger partial charge is 0.497 e. The predicted octanol–water partition coefficient (Wildman–Crippen LogP) is 3.94. The van der Waals surface area contributed by atoms with Crippen LogP contribution in [0.3, 0.4) is 0 Å². The number of benzene rings is 1. The molecule has 0 bridgehead atoms. The molecular weight excluding hydrogens is 299 g/mol. The summed E-state index contributed by atoms with van der Waals surface area (Å²) in [5.41, 5.74) is 2.97. The van der Waals surface area contributed by atoms with Gasteiger partial charge in [0.1, 0.15) is 5.75 Å². The van der Waals surface area contributed by atoms with Crippen molar-refractivity contribution in [1.82, 2.24) is 0 Å². The maximum absolute atomic E-state index is 5.29. The highest BCUT2D eigenvalue weighted by Crippen LogP contribution is 2.45. The number of methoxy groups -OCH3 is 1. The van der Waals surface area contributed by atoms with Crippen LogP contribution in [0.5, 0.6) is 5.75 Å². The summed E-state index contributed by atoms with van der Waals surface area (Å²) in [6.45, 7) is 4.67. The summed E-state index contributed by atoms with van der Waals surface area (Å²) in [7, 11) is 1.73. The first kappa shape index (κ1) is 11.2. The molecule has 0 saturated carbocycles. The molecule has 1 aliphatic rings. The summed E-state index contributed by atoms with van der Waals surface area (Å²) >= 11 is 2.60. The zero-order valence-electron chi connectivity index (χ0n) is 9.51. The maximum Gasteiger partial charge on any atom is 0.119 e. The first-order valence-electron chi connectivity index (χ1n) is 5.40. The standard InChI is InChI=1S/C13H17IO/c1-9-12-8-11(15-3)5-4-10(12)6-7-13(9,2)14/h4-5,8-9H,6-7H2,1-3H3. The van der Waals surface area contributed by atoms with Gasteiger partial charge in [-0.15, -0.1) is 0 Å². The lowest BCUT2D eigenvalue weighted by Crippen LogP contribution is -2.29. The average molecular weight is 316 g/mol. The van der Waals surface area contributed by atoms with Gasteiger partial charge in [-0.05, 0) is 48.9 Å². The maximum atomic E-state index is 5.29. The fourth-order valence-corrected chi connectivity index (χ4v) is 2.86. The van der Waals surface area contributed by atoms with Crippen molar-refractivity contribution in [2.45, 2.75) is 36.0 Å². The zero-order chi connectivity index (χ0) is 11.1. The lowest BCUT2D eigenvalue weighted by Gasteiger charge is -2.36. The smallest absolute Gasteiger partial charge is 0.119 e. The Hall–Kier alpha value is -0.250. The molecule has 0 amide bonds. The van der Waals surface area contributed by atoms with Crippen LogP contribution in [-0.2, 0) is 6.42 Å². The summed E-state index contributed by atoms with van der Waals surface area (Å²) in [6.07, 6.45) is 2.47. The third-order valence-corrected chi connectivity index (χ3v) is 5.08. The van der Waals surface area contributed by atoms with Crippen molar-refractivity contribution < 1.29 is 4.74 Å². The van der Waals surface area contributed by atoms with E-state index in [0.717, 1.165) is 5.75 Å². The third kappa shape index (κ3) is 2.01. The summed E-state index contributed by atoms with van der Waals surface area (Å²) in [5.74, 6) is 1.59. The molecule has 1 aromatic carbocycles. The highest BCUT2D eigenvalue weighted by atomic mass is 127. The van der Waals surface area contributed by atoms with E-state index in [0.29, 0.717) is 9.34 Å². The van der Waals surface area contributed by atoms with Crippen LogP contribution in [0, 0.1) is 0 Å². The van der Waals surface area contributed by atoms with Gasteiger partial charge in [0.25, 0.3) is 0 Å². The van der Waals surface area contributed by atoms with Crippen LogP contribution in [-0.4, -0.2) is 10.5 Å². The Bertz CT molecular complexity index is 371. The van der Waals surface area contributed by atoms with Crippen molar-refractivity contribution in [2.75, 3.05) is 7.11 Å². The van der Waals surface area contributed by atoms with Gasteiger partial charge >= 0.3 is 0 Å². The lowest BCUT2D eigenvalue weighted by atomic mass is 9.77. The molecule has 1 aliphatic carbocycles. The number of rotatable bonds is 1. The van der Waals surface area contributed by atoms with E-state index in [1.165, 1.54) is 24.0 Å². The number of alkyl halides is 1. The van der Waals surface area contributed by atoms with Crippen LogP contribution in [0.15, 0.2) is 18.2 Å². The Labute approximate surface area is 105 Å². The number of hydrogen-bond acceptors (Lipinski definition) is 1. The first-order chi connectivity index (χ1) is 7.04. The molecule has 0 aliphatic heterocycles. The van der Waals surface area contributed by atoms with Crippen LogP contribution in [0.2, 0.25) is 0 Å². The molecule has 82 valence electrons. The van der Waals surface area contributed by atoms with Crippen molar-refractivity contribution in [3.05, 3.63) is 29.3 Å². The number of hydrogen-bond donors (Lipinski definition) is 0. The van der Waals surface area contributed by atoms with E-state index < -0.39 is 0 Å². The molecule has 2 atom stereocenters. The van der Waals surface area contributed by atoms with Crippen LogP contribution in [0.4, 0.5) is 0 Å². The molecule has 0 N–H and O–H groups in total. The van der Waals surface area contributed by atoms with Crippen molar-refractivity contribution in [3.8, 4) is 5.75 Å². The molecule has 2 heteroatoms. The van der Waals surface area contributed by atoms with Gasteiger partial charge in [0.15, 0.2) is 0 Å². The molecule has 15 heavy (non-hydrogen) atoms. The molecule has 2 rings (SSSR count). The fourth-order valence-electron chi connectivity index (χ4n) is 2.25.